The molecule has 7 heteroatoms. The van der Waals surface area contributed by atoms with Crippen LogP contribution in [-0.2, 0) is 4.74 Å². The molecular weight excluding hydrogens is 416 g/mol. The van der Waals surface area contributed by atoms with Crippen LogP contribution < -0.4 is 9.80 Å². The van der Waals surface area contributed by atoms with Gasteiger partial charge in [-0.2, -0.15) is 0 Å². The van der Waals surface area contributed by atoms with Gasteiger partial charge in [-0.25, -0.2) is 9.78 Å². The second-order valence-corrected chi connectivity index (χ2v) is 9.86. The smallest absolute Gasteiger partial charge is 0.414 e. The number of rotatable bonds is 5. The van der Waals surface area contributed by atoms with Crippen LogP contribution in [0.2, 0.25) is 0 Å². The first-order chi connectivity index (χ1) is 16.1. The zero-order chi connectivity index (χ0) is 22.5. The Balaban J connectivity index is 1.11. The minimum absolute atomic E-state index is 0.0398. The van der Waals surface area contributed by atoms with Crippen LogP contribution in [0.25, 0.3) is 0 Å². The third-order valence-electron chi connectivity index (χ3n) is 7.24. The Morgan fingerprint density at radius 2 is 1.70 bits per heavy atom. The monoisotopic (exact) mass is 446 g/mol. The Labute approximate surface area is 194 Å². The molecule has 2 amide bonds. The second kappa shape index (κ2) is 8.04. The van der Waals surface area contributed by atoms with Crippen molar-refractivity contribution < 1.29 is 14.3 Å². The first-order valence-corrected chi connectivity index (χ1v) is 12.2. The summed E-state index contributed by atoms with van der Waals surface area (Å²) >= 11 is 0. The molecule has 0 spiro atoms. The molecule has 4 aliphatic rings. The highest BCUT2D eigenvalue weighted by Gasteiger charge is 2.33. The number of piperazine rings is 1. The lowest BCUT2D eigenvalue weighted by atomic mass is 10.1. The molecule has 1 aromatic heterocycles. The molecular formula is C26H30N4O3. The van der Waals surface area contributed by atoms with Gasteiger partial charge in [0.15, 0.2) is 0 Å². The van der Waals surface area contributed by atoms with Crippen LogP contribution >= 0.6 is 0 Å². The molecule has 2 saturated carbocycles. The van der Waals surface area contributed by atoms with Gasteiger partial charge in [0, 0.05) is 43.6 Å². The normalized spacial score (nSPS) is 23.1. The van der Waals surface area contributed by atoms with Crippen molar-refractivity contribution in [3.8, 4) is 0 Å². The lowest BCUT2D eigenvalue weighted by molar-refractivity contribution is 0.0746. The van der Waals surface area contributed by atoms with Gasteiger partial charge in [-0.15, -0.1) is 0 Å². The molecule has 172 valence electrons. The number of hydrogen-bond acceptors (Lipinski definition) is 5. The molecule has 2 aromatic rings. The average molecular weight is 447 g/mol. The number of nitrogens with zero attached hydrogens (tertiary/aromatic N) is 4. The molecule has 1 atom stereocenters. The van der Waals surface area contributed by atoms with Gasteiger partial charge in [-0.3, -0.25) is 9.69 Å². The maximum Gasteiger partial charge on any atom is 0.414 e. The molecule has 2 aliphatic carbocycles. The summed E-state index contributed by atoms with van der Waals surface area (Å²) < 4.78 is 5.20. The fraction of sp³-hybridized carbons (Fsp3) is 0.500. The summed E-state index contributed by atoms with van der Waals surface area (Å²) in [4.78, 5) is 35.8. The largest absolute Gasteiger partial charge is 0.444 e. The van der Waals surface area contributed by atoms with Crippen molar-refractivity contribution in [2.24, 2.45) is 0 Å². The first-order valence-electron chi connectivity index (χ1n) is 12.2. The highest BCUT2D eigenvalue weighted by molar-refractivity contribution is 5.96. The van der Waals surface area contributed by atoms with Crippen LogP contribution in [0.1, 0.15) is 65.9 Å². The number of pyridine rings is 1. The van der Waals surface area contributed by atoms with E-state index >= 15 is 0 Å². The van der Waals surface area contributed by atoms with E-state index in [0.29, 0.717) is 31.1 Å². The summed E-state index contributed by atoms with van der Waals surface area (Å²) in [5.74, 6) is 2.56. The summed E-state index contributed by atoms with van der Waals surface area (Å²) in [7, 11) is 0. The van der Waals surface area contributed by atoms with Gasteiger partial charge in [-0.1, -0.05) is 6.07 Å². The van der Waals surface area contributed by atoms with Crippen LogP contribution in [0.4, 0.5) is 16.3 Å². The van der Waals surface area contributed by atoms with Gasteiger partial charge in [0.1, 0.15) is 11.9 Å². The molecule has 33 heavy (non-hydrogen) atoms. The van der Waals surface area contributed by atoms with E-state index in [4.69, 9.17) is 9.72 Å². The number of aromatic nitrogens is 1. The van der Waals surface area contributed by atoms with Crippen molar-refractivity contribution in [3.05, 3.63) is 53.2 Å². The van der Waals surface area contributed by atoms with E-state index in [0.717, 1.165) is 30.5 Å². The molecule has 0 bridgehead atoms. The third kappa shape index (κ3) is 4.05. The fourth-order valence-corrected chi connectivity index (χ4v) is 4.99. The van der Waals surface area contributed by atoms with Crippen LogP contribution in [0.5, 0.6) is 0 Å². The molecule has 2 aliphatic heterocycles. The highest BCUT2D eigenvalue weighted by atomic mass is 16.6. The van der Waals surface area contributed by atoms with Gasteiger partial charge in [-0.05, 0) is 79.8 Å². The predicted octanol–water partition coefficient (Wildman–Crippen LogP) is 4.14. The zero-order valence-corrected chi connectivity index (χ0v) is 19.1. The Morgan fingerprint density at radius 1 is 1.00 bits per heavy atom. The number of amides is 2. The number of carbonyl (C=O) groups excluding carboxylic acids is 2. The number of cyclic esters (lactones) is 1. The highest BCUT2D eigenvalue weighted by Crippen LogP contribution is 2.47. The summed E-state index contributed by atoms with van der Waals surface area (Å²) in [5, 5.41) is 0. The number of anilines is 2. The summed E-state index contributed by atoms with van der Waals surface area (Å²) in [6, 6.07) is 9.69. The van der Waals surface area contributed by atoms with E-state index < -0.39 is 0 Å². The quantitative estimate of drug-likeness (QED) is 0.691. The third-order valence-corrected chi connectivity index (χ3v) is 7.24. The van der Waals surface area contributed by atoms with Crippen molar-refractivity contribution in [3.63, 3.8) is 0 Å². The maximum atomic E-state index is 13.1. The summed E-state index contributed by atoms with van der Waals surface area (Å²) in [6.07, 6.45) is 6.77. The first kappa shape index (κ1) is 20.5. The van der Waals surface area contributed by atoms with Crippen LogP contribution in [-0.4, -0.2) is 60.7 Å². The zero-order valence-electron chi connectivity index (χ0n) is 19.1. The standard InChI is InChI=1S/C26H30N4O3/c1-17-16-30(26(32)33-17)22-8-6-20(7-9-22)25(31)29-12-10-28(11-13-29)24-23(19-4-5-19)14-21(15-27-24)18-2-3-18/h6-9,14-15,17-19H,2-5,10-13,16H2,1H3. The fourth-order valence-electron chi connectivity index (χ4n) is 4.99. The predicted molar refractivity (Wildman–Crippen MR) is 126 cm³/mol. The Hall–Kier alpha value is -3.09. The van der Waals surface area contributed by atoms with Crippen molar-refractivity contribution in [2.45, 2.75) is 50.5 Å². The Bertz CT molecular complexity index is 1070. The SMILES string of the molecule is CC1CN(c2ccc(C(=O)N3CCN(c4ncc(C5CC5)cc4C4CC4)CC3)cc2)C(=O)O1. The minimum atomic E-state index is -0.331. The Morgan fingerprint density at radius 3 is 2.30 bits per heavy atom. The number of hydrogen-bond donors (Lipinski definition) is 0. The number of carbonyl (C=O) groups is 2. The molecule has 0 N–H and O–H groups in total. The van der Waals surface area contributed by atoms with Crippen molar-refractivity contribution in [1.82, 2.24) is 9.88 Å². The van der Waals surface area contributed by atoms with E-state index in [-0.39, 0.29) is 18.1 Å². The van der Waals surface area contributed by atoms with Crippen LogP contribution in [0, 0.1) is 0 Å². The van der Waals surface area contributed by atoms with Crippen LogP contribution in [0.3, 0.4) is 0 Å². The van der Waals surface area contributed by atoms with Gasteiger partial charge in [0.2, 0.25) is 0 Å². The van der Waals surface area contributed by atoms with Crippen molar-refractivity contribution in [2.75, 3.05) is 42.5 Å². The number of benzene rings is 1. The van der Waals surface area contributed by atoms with Crippen molar-refractivity contribution >= 4 is 23.5 Å². The van der Waals surface area contributed by atoms with Crippen LogP contribution in [0.15, 0.2) is 36.5 Å². The minimum Gasteiger partial charge on any atom is -0.444 e. The van der Waals surface area contributed by atoms with Gasteiger partial charge >= 0.3 is 6.09 Å². The molecule has 0 radical (unpaired) electrons. The van der Waals surface area contributed by atoms with Crippen molar-refractivity contribution in [1.29, 1.82) is 0 Å². The van der Waals surface area contributed by atoms with E-state index in [1.165, 1.54) is 36.8 Å². The molecule has 2 saturated heterocycles. The molecule has 4 fully saturated rings. The molecule has 1 unspecified atom stereocenters. The van der Waals surface area contributed by atoms with Gasteiger partial charge in [0.25, 0.3) is 5.91 Å². The summed E-state index contributed by atoms with van der Waals surface area (Å²) in [5.41, 5.74) is 4.25. The van der Waals surface area contributed by atoms with E-state index in [1.54, 1.807) is 4.90 Å². The molecule has 7 nitrogen and oxygen atoms in total. The average Bonchev–Trinajstić information content (AvgIpc) is 3.76. The molecule has 1 aromatic carbocycles. The van der Waals surface area contributed by atoms with E-state index in [2.05, 4.69) is 17.2 Å². The van der Waals surface area contributed by atoms with Gasteiger partial charge in [0.05, 0.1) is 6.54 Å². The van der Waals surface area contributed by atoms with E-state index in [1.807, 2.05) is 36.1 Å². The summed E-state index contributed by atoms with van der Waals surface area (Å²) in [6.45, 7) is 5.39. The lowest BCUT2D eigenvalue weighted by Gasteiger charge is -2.36. The second-order valence-electron chi connectivity index (χ2n) is 9.86. The molecule has 3 heterocycles. The molecule has 6 rings (SSSR count). The van der Waals surface area contributed by atoms with E-state index in [9.17, 15) is 9.59 Å². The number of ether oxygens (including phenoxy) is 1. The Kier molecular flexibility index (Phi) is 5.00. The topological polar surface area (TPSA) is 66.0 Å². The maximum absolute atomic E-state index is 13.1. The van der Waals surface area contributed by atoms with Gasteiger partial charge < -0.3 is 14.5 Å². The lowest BCUT2D eigenvalue weighted by Crippen LogP contribution is -2.49.